The van der Waals surface area contributed by atoms with Crippen LogP contribution in [-0.2, 0) is 0 Å². The third-order valence-corrected chi connectivity index (χ3v) is 3.08. The Labute approximate surface area is 109 Å². The number of nitrogens with one attached hydrogen (secondary N) is 2. The molecule has 0 aliphatic carbocycles. The molecule has 98 valence electrons. The van der Waals surface area contributed by atoms with Crippen LogP contribution in [0.3, 0.4) is 0 Å². The van der Waals surface area contributed by atoms with Crippen LogP contribution in [0.25, 0.3) is 11.0 Å². The maximum atomic E-state index is 4.53. The number of rotatable bonds is 5. The molecular formula is C15H23N3. The lowest BCUT2D eigenvalue weighted by Gasteiger charge is -2.26. The van der Waals surface area contributed by atoms with Gasteiger partial charge in [-0.1, -0.05) is 39.8 Å². The van der Waals surface area contributed by atoms with Crippen LogP contribution in [0.4, 0.5) is 5.95 Å². The Bertz CT molecular complexity index is 478. The number of hydrogen-bond donors (Lipinski definition) is 2. The molecule has 0 unspecified atom stereocenters. The summed E-state index contributed by atoms with van der Waals surface area (Å²) in [4.78, 5) is 7.83. The van der Waals surface area contributed by atoms with E-state index in [0.29, 0.717) is 0 Å². The summed E-state index contributed by atoms with van der Waals surface area (Å²) in [5, 5.41) is 3.41. The molecule has 0 spiro atoms. The van der Waals surface area contributed by atoms with Crippen molar-refractivity contribution < 1.29 is 0 Å². The number of imidazole rings is 1. The van der Waals surface area contributed by atoms with Gasteiger partial charge in [0.15, 0.2) is 0 Å². The minimum Gasteiger partial charge on any atom is -0.355 e. The van der Waals surface area contributed by atoms with E-state index in [-0.39, 0.29) is 5.41 Å². The highest BCUT2D eigenvalue weighted by Gasteiger charge is 2.19. The number of aromatic amines is 1. The molecule has 3 heteroatoms. The third kappa shape index (κ3) is 3.25. The Morgan fingerprint density at radius 3 is 2.67 bits per heavy atom. The number of anilines is 1. The van der Waals surface area contributed by atoms with Crippen LogP contribution in [0.5, 0.6) is 0 Å². The molecule has 1 aromatic heterocycles. The Kier molecular flexibility index (Phi) is 3.60. The van der Waals surface area contributed by atoms with Crippen molar-refractivity contribution in [1.29, 1.82) is 0 Å². The van der Waals surface area contributed by atoms with Crippen molar-refractivity contribution in [2.24, 2.45) is 11.3 Å². The van der Waals surface area contributed by atoms with Crippen molar-refractivity contribution in [3.8, 4) is 0 Å². The van der Waals surface area contributed by atoms with Gasteiger partial charge >= 0.3 is 0 Å². The number of nitrogens with zero attached hydrogens (tertiary/aromatic N) is 1. The molecule has 18 heavy (non-hydrogen) atoms. The highest BCUT2D eigenvalue weighted by molar-refractivity contribution is 5.77. The molecule has 0 saturated carbocycles. The van der Waals surface area contributed by atoms with E-state index in [2.05, 4.69) is 43.0 Å². The average Bonchev–Trinajstić information content (AvgIpc) is 2.67. The van der Waals surface area contributed by atoms with Gasteiger partial charge in [0.2, 0.25) is 5.95 Å². The zero-order valence-electron chi connectivity index (χ0n) is 11.7. The summed E-state index contributed by atoms with van der Waals surface area (Å²) in [5.41, 5.74) is 2.39. The van der Waals surface area contributed by atoms with Gasteiger partial charge in [-0.15, -0.1) is 0 Å². The van der Waals surface area contributed by atoms with E-state index in [4.69, 9.17) is 0 Å². The lowest BCUT2D eigenvalue weighted by atomic mass is 9.84. The molecule has 0 aliphatic heterocycles. The van der Waals surface area contributed by atoms with Gasteiger partial charge in [-0.2, -0.15) is 0 Å². The summed E-state index contributed by atoms with van der Waals surface area (Å²) in [7, 11) is 0. The highest BCUT2D eigenvalue weighted by Crippen LogP contribution is 2.25. The topological polar surface area (TPSA) is 40.7 Å². The van der Waals surface area contributed by atoms with E-state index in [1.54, 1.807) is 0 Å². The van der Waals surface area contributed by atoms with Gasteiger partial charge in [0.1, 0.15) is 0 Å². The number of H-pyrrole nitrogens is 1. The minimum atomic E-state index is 0.285. The number of aromatic nitrogens is 2. The van der Waals surface area contributed by atoms with Gasteiger partial charge in [-0.05, 0) is 29.9 Å². The second-order valence-corrected chi connectivity index (χ2v) is 6.22. The summed E-state index contributed by atoms with van der Waals surface area (Å²) >= 11 is 0. The van der Waals surface area contributed by atoms with E-state index in [9.17, 15) is 0 Å². The molecule has 3 nitrogen and oxygen atoms in total. The lowest BCUT2D eigenvalue weighted by molar-refractivity contribution is 0.306. The Hall–Kier alpha value is -1.51. The van der Waals surface area contributed by atoms with E-state index in [0.717, 1.165) is 29.4 Å². The van der Waals surface area contributed by atoms with Crippen LogP contribution in [0.2, 0.25) is 0 Å². The Morgan fingerprint density at radius 2 is 2.00 bits per heavy atom. The molecule has 0 fully saturated rings. The predicted octanol–water partition coefficient (Wildman–Crippen LogP) is 4.05. The van der Waals surface area contributed by atoms with Gasteiger partial charge in [0, 0.05) is 6.54 Å². The molecule has 0 bridgehead atoms. The first-order valence-electron chi connectivity index (χ1n) is 6.65. The van der Waals surface area contributed by atoms with E-state index in [1.807, 2.05) is 24.3 Å². The number of fused-ring (bicyclic) bond motifs is 1. The molecule has 2 rings (SSSR count). The van der Waals surface area contributed by atoms with Crippen molar-refractivity contribution in [1.82, 2.24) is 9.97 Å². The van der Waals surface area contributed by atoms with E-state index < -0.39 is 0 Å². The van der Waals surface area contributed by atoms with Crippen LogP contribution in [0.1, 0.15) is 34.1 Å². The molecule has 0 amide bonds. The maximum Gasteiger partial charge on any atom is 0.201 e. The maximum absolute atomic E-state index is 4.53. The van der Waals surface area contributed by atoms with Crippen molar-refractivity contribution in [2.45, 2.75) is 34.1 Å². The lowest BCUT2D eigenvalue weighted by Crippen LogP contribution is -2.25. The second kappa shape index (κ2) is 5.01. The minimum absolute atomic E-state index is 0.285. The van der Waals surface area contributed by atoms with Gasteiger partial charge in [0.25, 0.3) is 0 Å². The highest BCUT2D eigenvalue weighted by atomic mass is 15.1. The van der Waals surface area contributed by atoms with Gasteiger partial charge in [-0.25, -0.2) is 4.98 Å². The average molecular weight is 245 g/mol. The second-order valence-electron chi connectivity index (χ2n) is 6.22. The van der Waals surface area contributed by atoms with Gasteiger partial charge in [-0.3, -0.25) is 0 Å². The SMILES string of the molecule is CC(C)CC(C)(C)CNc1nc2ccccc2[nH]1. The van der Waals surface area contributed by atoms with Crippen LogP contribution in [-0.4, -0.2) is 16.5 Å². The monoisotopic (exact) mass is 245 g/mol. The summed E-state index contributed by atoms with van der Waals surface area (Å²) in [6, 6.07) is 8.10. The Balaban J connectivity index is 2.01. The van der Waals surface area contributed by atoms with Gasteiger partial charge < -0.3 is 10.3 Å². The zero-order chi connectivity index (χ0) is 13.2. The summed E-state index contributed by atoms with van der Waals surface area (Å²) < 4.78 is 0. The van der Waals surface area contributed by atoms with Crippen LogP contribution in [0, 0.1) is 11.3 Å². The van der Waals surface area contributed by atoms with Crippen molar-refractivity contribution in [3.05, 3.63) is 24.3 Å². The number of para-hydroxylation sites is 2. The number of benzene rings is 1. The molecule has 1 heterocycles. The van der Waals surface area contributed by atoms with Crippen molar-refractivity contribution >= 4 is 17.0 Å². The molecule has 0 atom stereocenters. The van der Waals surface area contributed by atoms with Crippen molar-refractivity contribution in [2.75, 3.05) is 11.9 Å². The van der Waals surface area contributed by atoms with Crippen LogP contribution >= 0.6 is 0 Å². The molecular weight excluding hydrogens is 222 g/mol. The quantitative estimate of drug-likeness (QED) is 0.834. The van der Waals surface area contributed by atoms with E-state index >= 15 is 0 Å². The summed E-state index contributed by atoms with van der Waals surface area (Å²) in [5.74, 6) is 1.59. The molecule has 0 saturated heterocycles. The molecule has 1 aromatic carbocycles. The smallest absolute Gasteiger partial charge is 0.201 e. The molecule has 0 radical (unpaired) electrons. The standard InChI is InChI=1S/C15H23N3/c1-11(2)9-15(3,4)10-16-14-17-12-7-5-6-8-13(12)18-14/h5-8,11H,9-10H2,1-4H3,(H2,16,17,18). The first-order chi connectivity index (χ1) is 8.46. The fourth-order valence-electron chi connectivity index (χ4n) is 2.54. The fourth-order valence-corrected chi connectivity index (χ4v) is 2.54. The summed E-state index contributed by atoms with van der Waals surface area (Å²) in [6.45, 7) is 10.1. The number of hydrogen-bond acceptors (Lipinski definition) is 2. The predicted molar refractivity (Wildman–Crippen MR) is 77.8 cm³/mol. The van der Waals surface area contributed by atoms with E-state index in [1.165, 1.54) is 6.42 Å². The summed E-state index contributed by atoms with van der Waals surface area (Å²) in [6.07, 6.45) is 1.21. The Morgan fingerprint density at radius 1 is 1.28 bits per heavy atom. The fraction of sp³-hybridized carbons (Fsp3) is 0.533. The first-order valence-corrected chi connectivity index (χ1v) is 6.65. The normalized spacial score (nSPS) is 12.3. The molecule has 2 N–H and O–H groups in total. The van der Waals surface area contributed by atoms with Crippen molar-refractivity contribution in [3.63, 3.8) is 0 Å². The van der Waals surface area contributed by atoms with Gasteiger partial charge in [0.05, 0.1) is 11.0 Å². The van der Waals surface area contributed by atoms with Crippen LogP contribution in [0.15, 0.2) is 24.3 Å². The largest absolute Gasteiger partial charge is 0.355 e. The molecule has 2 aromatic rings. The third-order valence-electron chi connectivity index (χ3n) is 3.08. The van der Waals surface area contributed by atoms with Crippen LogP contribution < -0.4 is 5.32 Å². The zero-order valence-corrected chi connectivity index (χ0v) is 11.7. The first kappa shape index (κ1) is 12.9. The molecule has 0 aliphatic rings.